The number of hydrogen-bond acceptors (Lipinski definition) is 10. The Morgan fingerprint density at radius 1 is 0.554 bits per heavy atom. The lowest BCUT2D eigenvalue weighted by Gasteiger charge is -2.37. The maximum atomic E-state index is 16.8. The number of nitrogens with zero attached hydrogens (tertiary/aromatic N) is 4. The average molecular weight is 939 g/mol. The average Bonchev–Trinajstić information content (AvgIpc) is 4.18. The van der Waals surface area contributed by atoms with E-state index in [-0.39, 0.29) is 17.0 Å². The highest BCUT2D eigenvalue weighted by atomic mass is 32.1. The maximum absolute atomic E-state index is 16.8. The number of hydrogen-bond donors (Lipinski definition) is 0. The van der Waals surface area contributed by atoms with Gasteiger partial charge in [-0.3, -0.25) is 0 Å². The van der Waals surface area contributed by atoms with Gasteiger partial charge in [-0.05, 0) is 84.3 Å². The van der Waals surface area contributed by atoms with Crippen LogP contribution in [0.2, 0.25) is 0 Å². The molecule has 11 rings (SSSR count). The second kappa shape index (κ2) is 17.3. The number of halogens is 2. The number of rotatable bonds is 16. The van der Waals surface area contributed by atoms with Gasteiger partial charge in [0.15, 0.2) is 0 Å². The first-order chi connectivity index (χ1) is 31.8. The molecule has 1 aliphatic carbocycles. The van der Waals surface area contributed by atoms with Crippen molar-refractivity contribution in [1.82, 2.24) is 17.5 Å². The van der Waals surface area contributed by atoms with Crippen LogP contribution < -0.4 is 0 Å². The molecule has 4 aromatic carbocycles. The van der Waals surface area contributed by atoms with Crippen molar-refractivity contribution in [3.05, 3.63) is 108 Å². The van der Waals surface area contributed by atoms with Gasteiger partial charge in [-0.25, -0.2) is 8.78 Å². The van der Waals surface area contributed by atoms with Gasteiger partial charge >= 0.3 is 0 Å². The molecule has 6 nitrogen and oxygen atoms in total. The molecule has 0 saturated carbocycles. The lowest BCUT2D eigenvalue weighted by Crippen LogP contribution is -2.31. The van der Waals surface area contributed by atoms with E-state index in [9.17, 15) is 0 Å². The zero-order valence-corrected chi connectivity index (χ0v) is 40.1. The van der Waals surface area contributed by atoms with Crippen LogP contribution >= 0.6 is 46.1 Å². The first-order valence-corrected chi connectivity index (χ1v) is 26.1. The molecule has 0 amide bonds. The van der Waals surface area contributed by atoms with Crippen molar-refractivity contribution in [3.63, 3.8) is 0 Å². The summed E-state index contributed by atoms with van der Waals surface area (Å²) in [4.78, 5) is 4.38. The summed E-state index contributed by atoms with van der Waals surface area (Å²) in [6.07, 6.45) is 11.2. The molecule has 0 spiro atoms. The van der Waals surface area contributed by atoms with Crippen LogP contribution in [0.3, 0.4) is 0 Å². The highest BCUT2D eigenvalue weighted by Crippen LogP contribution is 2.63. The third-order valence-electron chi connectivity index (χ3n) is 13.9. The number of unbranched alkanes of at least 4 members (excludes halogenated alkanes) is 2. The molecule has 330 valence electrons. The van der Waals surface area contributed by atoms with E-state index in [1.54, 1.807) is 34.8 Å². The Labute approximate surface area is 393 Å². The number of benzene rings is 4. The minimum Gasteiger partial charge on any atom is -0.456 e. The van der Waals surface area contributed by atoms with Crippen molar-refractivity contribution in [2.24, 2.45) is 11.8 Å². The number of fused-ring (bicyclic) bond motifs is 7. The summed E-state index contributed by atoms with van der Waals surface area (Å²) in [6, 6.07) is 27.2. The fourth-order valence-corrected chi connectivity index (χ4v) is 14.4. The Morgan fingerprint density at radius 3 is 1.40 bits per heavy atom. The largest absolute Gasteiger partial charge is 0.456 e. The maximum Gasteiger partial charge on any atom is 0.140 e. The quantitative estimate of drug-likeness (QED) is 0.0960. The van der Waals surface area contributed by atoms with E-state index < -0.39 is 0 Å². The van der Waals surface area contributed by atoms with E-state index >= 15 is 8.78 Å². The Bertz CT molecular complexity index is 3080. The molecule has 0 fully saturated rings. The molecular formula is C53H48F2N4O2S4. The SMILES string of the molecule is CCCCC(CC)CC1(CC(CC)CCCC)c2cc(-c3cc(F)c(-c4cc5ccccc5o4)c4nsnc34)sc2-c2sc(-c3cc(F)c(-c4cc5ccccc5o4)c4nsnc34)cc21. The highest BCUT2D eigenvalue weighted by molar-refractivity contribution is 7.26. The van der Waals surface area contributed by atoms with Crippen LogP contribution in [0.15, 0.2) is 93.8 Å². The van der Waals surface area contributed by atoms with Crippen LogP contribution in [0, 0.1) is 23.5 Å². The van der Waals surface area contributed by atoms with Crippen molar-refractivity contribution in [2.75, 3.05) is 0 Å². The van der Waals surface area contributed by atoms with Crippen LogP contribution in [0.1, 0.15) is 103 Å². The molecule has 0 bridgehead atoms. The predicted octanol–water partition coefficient (Wildman–Crippen LogP) is 17.7. The second-order valence-corrected chi connectivity index (χ2v) is 21.0. The van der Waals surface area contributed by atoms with Crippen LogP contribution in [0.4, 0.5) is 8.78 Å². The van der Waals surface area contributed by atoms with Gasteiger partial charge in [0.2, 0.25) is 0 Å². The lowest BCUT2D eigenvalue weighted by atomic mass is 9.65. The topological polar surface area (TPSA) is 77.8 Å². The Balaban J connectivity index is 1.10. The molecule has 2 unspecified atom stereocenters. The van der Waals surface area contributed by atoms with Gasteiger partial charge in [0.25, 0.3) is 0 Å². The molecule has 0 aliphatic heterocycles. The number of aromatic nitrogens is 4. The van der Waals surface area contributed by atoms with Gasteiger partial charge in [-0.15, -0.1) is 22.7 Å². The van der Waals surface area contributed by atoms with Gasteiger partial charge in [0.05, 0.1) is 34.6 Å². The summed E-state index contributed by atoms with van der Waals surface area (Å²) in [5, 5.41) is 1.81. The lowest BCUT2D eigenvalue weighted by molar-refractivity contribution is 0.266. The van der Waals surface area contributed by atoms with Crippen molar-refractivity contribution >= 4 is 90.1 Å². The summed E-state index contributed by atoms with van der Waals surface area (Å²) in [6.45, 7) is 9.24. The molecule has 0 radical (unpaired) electrons. The smallest absolute Gasteiger partial charge is 0.140 e. The zero-order chi connectivity index (χ0) is 44.4. The van der Waals surface area contributed by atoms with Crippen molar-refractivity contribution in [2.45, 2.75) is 97.3 Å². The van der Waals surface area contributed by atoms with Gasteiger partial charge in [0, 0.05) is 46.8 Å². The Kier molecular flexibility index (Phi) is 11.3. The molecule has 6 heterocycles. The summed E-state index contributed by atoms with van der Waals surface area (Å²) in [7, 11) is 0. The van der Waals surface area contributed by atoms with Crippen LogP contribution in [-0.2, 0) is 5.41 Å². The van der Waals surface area contributed by atoms with Crippen molar-refractivity contribution in [3.8, 4) is 53.3 Å². The van der Waals surface area contributed by atoms with E-state index in [4.69, 9.17) is 17.6 Å². The molecule has 10 aromatic rings. The molecule has 12 heteroatoms. The predicted molar refractivity (Wildman–Crippen MR) is 267 cm³/mol. The monoisotopic (exact) mass is 938 g/mol. The summed E-state index contributed by atoms with van der Waals surface area (Å²) < 4.78 is 65.0. The van der Waals surface area contributed by atoms with Gasteiger partial charge in [-0.2, -0.15) is 17.5 Å². The van der Waals surface area contributed by atoms with Crippen LogP contribution in [0.25, 0.3) is 97.3 Å². The summed E-state index contributed by atoms with van der Waals surface area (Å²) >= 11 is 5.64. The zero-order valence-electron chi connectivity index (χ0n) is 36.8. The normalized spacial score (nSPS) is 14.3. The van der Waals surface area contributed by atoms with E-state index in [1.165, 1.54) is 33.7 Å². The molecule has 0 N–H and O–H groups in total. The first kappa shape index (κ1) is 42.5. The molecule has 6 aromatic heterocycles. The number of thiophene rings is 2. The molecule has 2 atom stereocenters. The van der Waals surface area contributed by atoms with Gasteiger partial charge in [0.1, 0.15) is 56.4 Å². The number of furan rings is 2. The second-order valence-electron chi connectivity index (χ2n) is 17.8. The molecule has 0 saturated heterocycles. The van der Waals surface area contributed by atoms with Crippen LogP contribution in [-0.4, -0.2) is 17.5 Å². The third-order valence-corrected chi connectivity index (χ3v) is 17.5. The van der Waals surface area contributed by atoms with E-state index in [0.29, 0.717) is 67.7 Å². The van der Waals surface area contributed by atoms with Crippen molar-refractivity contribution in [1.29, 1.82) is 0 Å². The highest BCUT2D eigenvalue weighted by Gasteiger charge is 2.48. The fraction of sp³-hybridized carbons (Fsp3) is 0.321. The minimum absolute atomic E-state index is 0.296. The first-order valence-electron chi connectivity index (χ1n) is 23.0. The Morgan fingerprint density at radius 2 is 0.985 bits per heavy atom. The van der Waals surface area contributed by atoms with E-state index in [1.807, 2.05) is 60.7 Å². The number of para-hydroxylation sites is 2. The summed E-state index contributed by atoms with van der Waals surface area (Å²) in [5.41, 5.74) is 8.29. The standard InChI is InChI=1S/C53H48F2N4O2S4/c1-5-9-15-29(7-3)27-53(28-30(8-4)16-10-6-2)35-25-43(33-23-37(54)45(49-47(33)56-64-58-49)41-21-31-17-11-13-19-39(31)60-41)62-51(35)52-36(53)26-44(63-52)34-24-38(55)46(50-48(34)57-65-59-50)42-22-32-18-12-14-20-40(32)61-42/h11-14,17-26,29-30H,5-10,15-16,27-28H2,1-4H3. The minimum atomic E-state index is -0.386. The fourth-order valence-electron chi connectivity index (χ4n) is 10.5. The molecular weight excluding hydrogens is 891 g/mol. The van der Waals surface area contributed by atoms with Gasteiger partial charge in [-0.1, -0.05) is 115 Å². The summed E-state index contributed by atoms with van der Waals surface area (Å²) in [5.74, 6) is 1.13. The third kappa shape index (κ3) is 7.17. The van der Waals surface area contributed by atoms with Crippen LogP contribution in [0.5, 0.6) is 0 Å². The van der Waals surface area contributed by atoms with Crippen molar-refractivity contribution < 1.29 is 17.6 Å². The van der Waals surface area contributed by atoms with E-state index in [0.717, 1.165) is 106 Å². The molecule has 65 heavy (non-hydrogen) atoms. The Hall–Kier alpha value is -5.14. The van der Waals surface area contributed by atoms with E-state index in [2.05, 4.69) is 48.6 Å². The van der Waals surface area contributed by atoms with Gasteiger partial charge < -0.3 is 8.83 Å². The molecule has 1 aliphatic rings.